The number of hydrogen-bond donors (Lipinski definition) is 1. The number of hydrogen-bond acceptors (Lipinski definition) is 4. The molecule has 25 heavy (non-hydrogen) atoms. The largest absolute Gasteiger partial charge is 0.325 e. The number of likely N-dealkylation sites (N-methyl/N-ethyl adjacent to an activating group) is 1. The van der Waals surface area contributed by atoms with E-state index in [1.807, 2.05) is 20.9 Å². The highest BCUT2D eigenvalue weighted by Gasteiger charge is 2.22. The molecule has 0 spiro atoms. The summed E-state index contributed by atoms with van der Waals surface area (Å²) in [4.78, 5) is 14.5. The van der Waals surface area contributed by atoms with E-state index < -0.39 is 10.0 Å². The van der Waals surface area contributed by atoms with E-state index in [1.165, 1.54) is 17.1 Å². The molecule has 0 heterocycles. The highest BCUT2D eigenvalue weighted by atomic mass is 32.2. The van der Waals surface area contributed by atoms with Crippen molar-refractivity contribution in [2.45, 2.75) is 50.5 Å². The summed E-state index contributed by atoms with van der Waals surface area (Å²) in [5.74, 6) is -0.0752. The zero-order valence-corrected chi connectivity index (χ0v) is 16.2. The lowest BCUT2D eigenvalue weighted by Crippen LogP contribution is -2.36. The molecule has 0 saturated heterocycles. The topological polar surface area (TPSA) is 69.7 Å². The molecular weight excluding hydrogens is 338 g/mol. The van der Waals surface area contributed by atoms with Gasteiger partial charge in [0.1, 0.15) is 0 Å². The molecule has 1 fully saturated rings. The smallest absolute Gasteiger partial charge is 0.243 e. The molecule has 7 heteroatoms. The van der Waals surface area contributed by atoms with Crippen molar-refractivity contribution in [1.29, 1.82) is 0 Å². The molecule has 1 N–H and O–H groups in total. The number of nitrogens with one attached hydrogen (secondary N) is 1. The Balaban J connectivity index is 1.96. The molecule has 0 aromatic heterocycles. The molecule has 0 bridgehead atoms. The normalized spacial score (nSPS) is 15.9. The molecule has 0 unspecified atom stereocenters. The highest BCUT2D eigenvalue weighted by molar-refractivity contribution is 7.89. The van der Waals surface area contributed by atoms with Gasteiger partial charge in [-0.05, 0) is 44.2 Å². The van der Waals surface area contributed by atoms with Crippen molar-refractivity contribution >= 4 is 21.6 Å². The monoisotopic (exact) mass is 367 g/mol. The lowest BCUT2D eigenvalue weighted by atomic mass is 10.2. The average molecular weight is 368 g/mol. The Hall–Kier alpha value is -1.44. The average Bonchev–Trinajstić information content (AvgIpc) is 3.10. The van der Waals surface area contributed by atoms with Gasteiger partial charge in [-0.3, -0.25) is 9.69 Å². The van der Waals surface area contributed by atoms with E-state index in [0.717, 1.165) is 12.8 Å². The fourth-order valence-corrected chi connectivity index (χ4v) is 4.78. The Labute approximate surface area is 151 Å². The third-order valence-electron chi connectivity index (χ3n) is 4.82. The van der Waals surface area contributed by atoms with E-state index in [4.69, 9.17) is 0 Å². The molecule has 1 aliphatic rings. The van der Waals surface area contributed by atoms with Crippen LogP contribution in [0.1, 0.15) is 39.5 Å². The summed E-state index contributed by atoms with van der Waals surface area (Å²) in [6.45, 7) is 4.85. The maximum absolute atomic E-state index is 12.5. The van der Waals surface area contributed by atoms with Crippen LogP contribution in [-0.4, -0.2) is 56.3 Å². The van der Waals surface area contributed by atoms with Gasteiger partial charge < -0.3 is 5.32 Å². The maximum Gasteiger partial charge on any atom is 0.243 e. The van der Waals surface area contributed by atoms with Gasteiger partial charge in [0.2, 0.25) is 15.9 Å². The Bertz CT molecular complexity index is 663. The van der Waals surface area contributed by atoms with Crippen LogP contribution in [0.3, 0.4) is 0 Å². The highest BCUT2D eigenvalue weighted by Crippen LogP contribution is 2.22. The minimum atomic E-state index is -3.46. The number of benzene rings is 1. The van der Waals surface area contributed by atoms with E-state index in [-0.39, 0.29) is 10.8 Å². The van der Waals surface area contributed by atoms with Crippen molar-refractivity contribution in [3.63, 3.8) is 0 Å². The van der Waals surface area contributed by atoms with Gasteiger partial charge in [-0.25, -0.2) is 8.42 Å². The SMILES string of the molecule is CCN(CC)S(=O)(=O)c1ccc(NC(=O)CN(C)C2CCCC2)cc1. The number of sulfonamides is 1. The summed E-state index contributed by atoms with van der Waals surface area (Å²) in [7, 11) is -1.48. The second kappa shape index (κ2) is 8.78. The second-order valence-corrected chi connectivity index (χ2v) is 8.45. The first kappa shape index (κ1) is 19.9. The second-order valence-electron chi connectivity index (χ2n) is 6.52. The van der Waals surface area contributed by atoms with Crippen LogP contribution in [-0.2, 0) is 14.8 Å². The van der Waals surface area contributed by atoms with Crippen molar-refractivity contribution in [3.8, 4) is 0 Å². The molecule has 0 aliphatic heterocycles. The van der Waals surface area contributed by atoms with Gasteiger partial charge in [0.05, 0.1) is 11.4 Å². The van der Waals surface area contributed by atoms with E-state index in [0.29, 0.717) is 31.4 Å². The number of carbonyl (C=O) groups is 1. The zero-order valence-electron chi connectivity index (χ0n) is 15.4. The van der Waals surface area contributed by atoms with Crippen LogP contribution in [0.15, 0.2) is 29.2 Å². The van der Waals surface area contributed by atoms with E-state index in [9.17, 15) is 13.2 Å². The van der Waals surface area contributed by atoms with Crippen LogP contribution >= 0.6 is 0 Å². The molecular formula is C18H29N3O3S. The molecule has 0 radical (unpaired) electrons. The molecule has 140 valence electrons. The summed E-state index contributed by atoms with van der Waals surface area (Å²) in [5, 5.41) is 2.84. The number of nitrogens with zero attached hydrogens (tertiary/aromatic N) is 2. The Kier molecular flexibility index (Phi) is 6.98. The molecule has 1 amide bonds. The molecule has 1 saturated carbocycles. The van der Waals surface area contributed by atoms with E-state index in [1.54, 1.807) is 24.3 Å². The number of amides is 1. The van der Waals surface area contributed by atoms with E-state index in [2.05, 4.69) is 10.2 Å². The van der Waals surface area contributed by atoms with Crippen LogP contribution in [0, 0.1) is 0 Å². The summed E-state index contributed by atoms with van der Waals surface area (Å²) in [6.07, 6.45) is 4.78. The van der Waals surface area contributed by atoms with Crippen LogP contribution in [0.2, 0.25) is 0 Å². The van der Waals surface area contributed by atoms with Crippen molar-refractivity contribution in [2.75, 3.05) is 32.0 Å². The van der Waals surface area contributed by atoms with E-state index >= 15 is 0 Å². The Morgan fingerprint density at radius 1 is 1.12 bits per heavy atom. The van der Waals surface area contributed by atoms with Gasteiger partial charge >= 0.3 is 0 Å². The molecule has 1 aromatic rings. The van der Waals surface area contributed by atoms with Crippen molar-refractivity contribution in [2.24, 2.45) is 0 Å². The van der Waals surface area contributed by atoms with Crippen molar-refractivity contribution in [1.82, 2.24) is 9.21 Å². The molecule has 6 nitrogen and oxygen atoms in total. The van der Waals surface area contributed by atoms with Gasteiger partial charge in [0, 0.05) is 24.8 Å². The van der Waals surface area contributed by atoms with Crippen molar-refractivity contribution in [3.05, 3.63) is 24.3 Å². The minimum Gasteiger partial charge on any atom is -0.325 e. The lowest BCUT2D eigenvalue weighted by Gasteiger charge is -2.23. The number of anilines is 1. The minimum absolute atomic E-state index is 0.0752. The maximum atomic E-state index is 12.5. The summed E-state index contributed by atoms with van der Waals surface area (Å²) in [6, 6.07) is 6.87. The molecule has 2 rings (SSSR count). The van der Waals surface area contributed by atoms with Gasteiger partial charge in [0.15, 0.2) is 0 Å². The quantitative estimate of drug-likeness (QED) is 0.766. The third-order valence-corrected chi connectivity index (χ3v) is 6.89. The van der Waals surface area contributed by atoms with Crippen LogP contribution < -0.4 is 5.32 Å². The fourth-order valence-electron chi connectivity index (χ4n) is 3.32. The third kappa shape index (κ3) is 5.03. The lowest BCUT2D eigenvalue weighted by molar-refractivity contribution is -0.117. The standard InChI is InChI=1S/C18H29N3O3S/c1-4-21(5-2)25(23,24)17-12-10-15(11-13-17)19-18(22)14-20(3)16-8-6-7-9-16/h10-13,16H,4-9,14H2,1-3H3,(H,19,22). The Morgan fingerprint density at radius 2 is 1.68 bits per heavy atom. The van der Waals surface area contributed by atoms with Gasteiger partial charge in [-0.15, -0.1) is 0 Å². The predicted octanol–water partition coefficient (Wildman–Crippen LogP) is 2.53. The first-order chi connectivity index (χ1) is 11.9. The summed E-state index contributed by atoms with van der Waals surface area (Å²) >= 11 is 0. The van der Waals surface area contributed by atoms with Crippen molar-refractivity contribution < 1.29 is 13.2 Å². The molecule has 0 atom stereocenters. The van der Waals surface area contributed by atoms with Crippen LogP contribution in [0.4, 0.5) is 5.69 Å². The molecule has 1 aliphatic carbocycles. The first-order valence-electron chi connectivity index (χ1n) is 8.98. The zero-order chi connectivity index (χ0) is 18.4. The van der Waals surface area contributed by atoms with Gasteiger partial charge in [-0.2, -0.15) is 4.31 Å². The number of carbonyl (C=O) groups excluding carboxylic acids is 1. The number of rotatable bonds is 8. The van der Waals surface area contributed by atoms with Gasteiger partial charge in [0.25, 0.3) is 0 Å². The van der Waals surface area contributed by atoms with Gasteiger partial charge in [-0.1, -0.05) is 26.7 Å². The first-order valence-corrected chi connectivity index (χ1v) is 10.4. The summed E-state index contributed by atoms with van der Waals surface area (Å²) in [5.41, 5.74) is 0.614. The molecule has 1 aromatic carbocycles. The fraction of sp³-hybridized carbons (Fsp3) is 0.611. The summed E-state index contributed by atoms with van der Waals surface area (Å²) < 4.78 is 26.3. The predicted molar refractivity (Wildman–Crippen MR) is 100 cm³/mol. The Morgan fingerprint density at radius 3 is 2.20 bits per heavy atom. The van der Waals surface area contributed by atoms with Crippen LogP contribution in [0.5, 0.6) is 0 Å². The van der Waals surface area contributed by atoms with Crippen LogP contribution in [0.25, 0.3) is 0 Å².